The highest BCUT2D eigenvalue weighted by atomic mass is 35.5. The number of rotatable bonds is 3. The Bertz CT molecular complexity index is 1030. The Labute approximate surface area is 147 Å². The van der Waals surface area contributed by atoms with E-state index in [0.29, 0.717) is 32.7 Å². The topological polar surface area (TPSA) is 63.8 Å². The molecule has 0 aliphatic carbocycles. The molecule has 7 heteroatoms. The number of hydrogen-bond donors (Lipinski definition) is 1. The van der Waals surface area contributed by atoms with E-state index >= 15 is 0 Å². The molecule has 2 aromatic carbocycles. The number of aromatic nitrogens is 3. The zero-order valence-corrected chi connectivity index (χ0v) is 13.7. The normalized spacial score (nSPS) is 10.9. The molecule has 0 saturated heterocycles. The third-order valence-electron chi connectivity index (χ3n) is 3.46. The van der Waals surface area contributed by atoms with Crippen molar-refractivity contribution in [1.29, 1.82) is 0 Å². The smallest absolute Gasteiger partial charge is 0.263 e. The van der Waals surface area contributed by atoms with Gasteiger partial charge in [0.25, 0.3) is 5.71 Å². The first-order valence-corrected chi connectivity index (χ1v) is 7.85. The van der Waals surface area contributed by atoms with E-state index in [0.717, 1.165) is 11.3 Å². The Kier molecular flexibility index (Phi) is 3.80. The largest absolute Gasteiger partial charge is 0.339 e. The molecule has 0 amide bonds. The third kappa shape index (κ3) is 2.79. The first-order valence-electron chi connectivity index (χ1n) is 7.09. The van der Waals surface area contributed by atoms with Gasteiger partial charge >= 0.3 is 0 Å². The molecule has 5 nitrogen and oxygen atoms in total. The first-order chi connectivity index (χ1) is 11.7. The molecule has 0 spiro atoms. The molecule has 0 saturated carbocycles. The fourth-order valence-electron chi connectivity index (χ4n) is 2.42. The summed E-state index contributed by atoms with van der Waals surface area (Å²) in [4.78, 5) is 8.44. The lowest BCUT2D eigenvalue weighted by Crippen LogP contribution is -1.95. The van der Waals surface area contributed by atoms with E-state index in [1.54, 1.807) is 12.1 Å². The quantitative estimate of drug-likeness (QED) is 0.537. The summed E-state index contributed by atoms with van der Waals surface area (Å²) in [5.41, 5.74) is 2.65. The maximum atomic E-state index is 6.08. The molecule has 2 heterocycles. The van der Waals surface area contributed by atoms with Gasteiger partial charge < -0.3 is 9.84 Å². The van der Waals surface area contributed by atoms with Crippen LogP contribution in [0.1, 0.15) is 0 Å². The Morgan fingerprint density at radius 1 is 0.917 bits per heavy atom. The van der Waals surface area contributed by atoms with E-state index < -0.39 is 0 Å². The molecule has 0 bridgehead atoms. The molecule has 0 atom stereocenters. The van der Waals surface area contributed by atoms with Crippen LogP contribution in [0.15, 0.2) is 59.4 Å². The molecular formula is C17H10Cl2N4O. The Balaban J connectivity index is 1.86. The van der Waals surface area contributed by atoms with Gasteiger partial charge in [-0.05, 0) is 30.3 Å². The molecular weight excluding hydrogens is 347 g/mol. The number of nitrogens with zero attached hydrogens (tertiary/aromatic N) is 3. The van der Waals surface area contributed by atoms with Gasteiger partial charge in [-0.25, -0.2) is 4.98 Å². The van der Waals surface area contributed by atoms with Gasteiger partial charge in [-0.2, -0.15) is 4.98 Å². The highest BCUT2D eigenvalue weighted by Gasteiger charge is 2.17. The van der Waals surface area contributed by atoms with E-state index in [9.17, 15) is 0 Å². The lowest BCUT2D eigenvalue weighted by molar-refractivity contribution is 0.451. The number of benzene rings is 2. The van der Waals surface area contributed by atoms with Crippen molar-refractivity contribution >= 4 is 45.8 Å². The van der Waals surface area contributed by atoms with Crippen molar-refractivity contribution in [2.45, 2.75) is 0 Å². The van der Waals surface area contributed by atoms with Crippen LogP contribution in [0.5, 0.6) is 0 Å². The third-order valence-corrected chi connectivity index (χ3v) is 3.93. The van der Waals surface area contributed by atoms with Crippen LogP contribution in [0, 0.1) is 0 Å². The standard InChI is InChI=1S/C17H10Cl2N4O/c18-11-4-1-3-10(7-11)15-14-16(20-9-21-17(14)24-23-15)22-13-6-2-5-12(19)8-13/h1-9H,(H,20,21,22). The van der Waals surface area contributed by atoms with Crippen molar-refractivity contribution < 1.29 is 4.52 Å². The van der Waals surface area contributed by atoms with Crippen molar-refractivity contribution in [3.63, 3.8) is 0 Å². The molecule has 0 aliphatic rings. The summed E-state index contributed by atoms with van der Waals surface area (Å²) in [7, 11) is 0. The SMILES string of the molecule is Clc1cccc(Nc2ncnc3onc(-c4cccc(Cl)c4)c23)c1. The summed E-state index contributed by atoms with van der Waals surface area (Å²) < 4.78 is 5.34. The average molecular weight is 357 g/mol. The van der Waals surface area contributed by atoms with Crippen LogP contribution in [0.3, 0.4) is 0 Å². The fraction of sp³-hybridized carbons (Fsp3) is 0. The minimum absolute atomic E-state index is 0.393. The second-order valence-corrected chi connectivity index (χ2v) is 5.95. The minimum atomic E-state index is 0.393. The predicted octanol–water partition coefficient (Wildman–Crippen LogP) is 5.34. The van der Waals surface area contributed by atoms with E-state index in [-0.39, 0.29) is 0 Å². The molecule has 0 radical (unpaired) electrons. The van der Waals surface area contributed by atoms with E-state index in [1.165, 1.54) is 6.33 Å². The summed E-state index contributed by atoms with van der Waals surface area (Å²) >= 11 is 12.1. The van der Waals surface area contributed by atoms with Crippen LogP contribution in [-0.2, 0) is 0 Å². The van der Waals surface area contributed by atoms with Gasteiger partial charge in [-0.1, -0.05) is 46.6 Å². The van der Waals surface area contributed by atoms with Gasteiger partial charge in [-0.3, -0.25) is 0 Å². The average Bonchev–Trinajstić information content (AvgIpc) is 3.00. The summed E-state index contributed by atoms with van der Waals surface area (Å²) in [6, 6.07) is 14.7. The Morgan fingerprint density at radius 3 is 2.50 bits per heavy atom. The number of fused-ring (bicyclic) bond motifs is 1. The maximum absolute atomic E-state index is 6.08. The van der Waals surface area contributed by atoms with Crippen molar-refractivity contribution in [3.8, 4) is 11.3 Å². The molecule has 0 unspecified atom stereocenters. The second-order valence-electron chi connectivity index (χ2n) is 5.08. The van der Waals surface area contributed by atoms with Gasteiger partial charge in [-0.15, -0.1) is 0 Å². The molecule has 24 heavy (non-hydrogen) atoms. The lowest BCUT2D eigenvalue weighted by Gasteiger charge is -2.07. The van der Waals surface area contributed by atoms with Crippen LogP contribution in [0.4, 0.5) is 11.5 Å². The van der Waals surface area contributed by atoms with E-state index in [1.807, 2.05) is 36.4 Å². The van der Waals surface area contributed by atoms with Gasteiger partial charge in [0.2, 0.25) is 0 Å². The summed E-state index contributed by atoms with van der Waals surface area (Å²) in [6.07, 6.45) is 1.42. The molecule has 4 aromatic rings. The maximum Gasteiger partial charge on any atom is 0.263 e. The Hall–Kier alpha value is -2.63. The van der Waals surface area contributed by atoms with Crippen LogP contribution < -0.4 is 5.32 Å². The number of anilines is 2. The summed E-state index contributed by atoms with van der Waals surface area (Å²) in [6.45, 7) is 0. The number of nitrogens with one attached hydrogen (secondary N) is 1. The molecule has 0 fully saturated rings. The zero-order valence-electron chi connectivity index (χ0n) is 12.2. The van der Waals surface area contributed by atoms with E-state index in [2.05, 4.69) is 20.4 Å². The van der Waals surface area contributed by atoms with Crippen LogP contribution in [-0.4, -0.2) is 15.1 Å². The van der Waals surface area contributed by atoms with E-state index in [4.69, 9.17) is 27.7 Å². The first kappa shape index (κ1) is 14.9. The number of halogens is 2. The highest BCUT2D eigenvalue weighted by Crippen LogP contribution is 2.33. The van der Waals surface area contributed by atoms with Gasteiger partial charge in [0.15, 0.2) is 0 Å². The van der Waals surface area contributed by atoms with Crippen LogP contribution in [0.2, 0.25) is 10.0 Å². The zero-order chi connectivity index (χ0) is 16.5. The van der Waals surface area contributed by atoms with Gasteiger partial charge in [0.1, 0.15) is 23.2 Å². The van der Waals surface area contributed by atoms with Crippen molar-refractivity contribution in [2.24, 2.45) is 0 Å². The minimum Gasteiger partial charge on any atom is -0.339 e. The van der Waals surface area contributed by atoms with Crippen LogP contribution >= 0.6 is 23.2 Å². The second kappa shape index (κ2) is 6.11. The monoisotopic (exact) mass is 356 g/mol. The lowest BCUT2D eigenvalue weighted by atomic mass is 10.1. The van der Waals surface area contributed by atoms with Crippen molar-refractivity contribution in [2.75, 3.05) is 5.32 Å². The highest BCUT2D eigenvalue weighted by molar-refractivity contribution is 6.31. The Morgan fingerprint density at radius 2 is 1.71 bits per heavy atom. The molecule has 1 N–H and O–H groups in total. The summed E-state index contributed by atoms with van der Waals surface area (Å²) in [5.74, 6) is 0.582. The molecule has 118 valence electrons. The molecule has 4 rings (SSSR count). The van der Waals surface area contributed by atoms with Gasteiger partial charge in [0.05, 0.1) is 0 Å². The summed E-state index contributed by atoms with van der Waals surface area (Å²) in [5, 5.41) is 9.28. The van der Waals surface area contributed by atoms with Crippen molar-refractivity contribution in [1.82, 2.24) is 15.1 Å². The van der Waals surface area contributed by atoms with Gasteiger partial charge in [0, 0.05) is 21.3 Å². The molecule has 0 aliphatic heterocycles. The number of hydrogen-bond acceptors (Lipinski definition) is 5. The molecule has 2 aromatic heterocycles. The fourth-order valence-corrected chi connectivity index (χ4v) is 2.80. The van der Waals surface area contributed by atoms with Crippen LogP contribution in [0.25, 0.3) is 22.4 Å². The predicted molar refractivity (Wildman–Crippen MR) is 94.8 cm³/mol. The van der Waals surface area contributed by atoms with Crippen molar-refractivity contribution in [3.05, 3.63) is 64.9 Å².